The minimum absolute atomic E-state index is 0.182. The maximum atomic E-state index is 12.8. The summed E-state index contributed by atoms with van der Waals surface area (Å²) in [6.45, 7) is 0. The van der Waals surface area contributed by atoms with Crippen LogP contribution in [0.25, 0.3) is 0 Å². The van der Waals surface area contributed by atoms with E-state index in [1.807, 2.05) is 0 Å². The molecule has 1 aliphatic heterocycles. The molecule has 1 amide bonds. The lowest BCUT2D eigenvalue weighted by atomic mass is 9.77. The molecule has 29 heavy (non-hydrogen) atoms. The largest absolute Gasteiger partial charge is 0.416 e. The highest BCUT2D eigenvalue weighted by Crippen LogP contribution is 2.41. The normalized spacial score (nSPS) is 24.6. The van der Waals surface area contributed by atoms with Gasteiger partial charge in [0.05, 0.1) is 17.2 Å². The van der Waals surface area contributed by atoms with E-state index in [4.69, 9.17) is 6.42 Å². The van der Waals surface area contributed by atoms with E-state index in [0.717, 1.165) is 17.7 Å². The van der Waals surface area contributed by atoms with E-state index in [1.165, 1.54) is 12.1 Å². The highest BCUT2D eigenvalue weighted by Gasteiger charge is 2.41. The van der Waals surface area contributed by atoms with E-state index in [-0.39, 0.29) is 24.8 Å². The SMILES string of the molecule is C#C[C@H]1CC(O)(c2ccc(C(F)(F)F)cc2)C[C@@H](c2ccc(C(=O)NC)cc2)N1. The molecule has 152 valence electrons. The molecule has 0 saturated carbocycles. The molecule has 1 saturated heterocycles. The Hall–Kier alpha value is -2.82. The number of nitrogens with one attached hydrogen (secondary N) is 2. The van der Waals surface area contributed by atoms with Crippen LogP contribution in [0.15, 0.2) is 48.5 Å². The Morgan fingerprint density at radius 2 is 1.79 bits per heavy atom. The zero-order chi connectivity index (χ0) is 21.2. The van der Waals surface area contributed by atoms with Gasteiger partial charge < -0.3 is 10.4 Å². The first-order chi connectivity index (χ1) is 13.7. The van der Waals surface area contributed by atoms with Gasteiger partial charge in [-0.05, 0) is 41.8 Å². The number of hydrogen-bond donors (Lipinski definition) is 3. The fraction of sp³-hybridized carbons (Fsp3) is 0.318. The smallest absolute Gasteiger partial charge is 0.385 e. The van der Waals surface area contributed by atoms with Crippen molar-refractivity contribution < 1.29 is 23.1 Å². The fourth-order valence-corrected chi connectivity index (χ4v) is 3.66. The van der Waals surface area contributed by atoms with Crippen molar-refractivity contribution in [1.82, 2.24) is 10.6 Å². The van der Waals surface area contributed by atoms with Crippen molar-refractivity contribution >= 4 is 5.91 Å². The minimum Gasteiger partial charge on any atom is -0.385 e. The lowest BCUT2D eigenvalue weighted by Gasteiger charge is -2.41. The second-order valence-corrected chi connectivity index (χ2v) is 7.15. The number of carbonyl (C=O) groups is 1. The fourth-order valence-electron chi connectivity index (χ4n) is 3.66. The molecule has 0 radical (unpaired) electrons. The first kappa shape index (κ1) is 20.9. The molecule has 0 aliphatic carbocycles. The van der Waals surface area contributed by atoms with Crippen molar-refractivity contribution in [3.63, 3.8) is 0 Å². The van der Waals surface area contributed by atoms with Crippen molar-refractivity contribution in [2.75, 3.05) is 7.05 Å². The second kappa shape index (κ2) is 7.90. The van der Waals surface area contributed by atoms with Gasteiger partial charge in [-0.1, -0.05) is 30.2 Å². The predicted molar refractivity (Wildman–Crippen MR) is 103 cm³/mol. The van der Waals surface area contributed by atoms with Crippen LogP contribution in [0.5, 0.6) is 0 Å². The van der Waals surface area contributed by atoms with Crippen molar-refractivity contribution in [2.24, 2.45) is 0 Å². The highest BCUT2D eigenvalue weighted by atomic mass is 19.4. The van der Waals surface area contributed by atoms with Gasteiger partial charge in [0.15, 0.2) is 0 Å². The van der Waals surface area contributed by atoms with Crippen molar-refractivity contribution in [1.29, 1.82) is 0 Å². The molecule has 0 bridgehead atoms. The van der Waals surface area contributed by atoms with Crippen LogP contribution in [0, 0.1) is 12.3 Å². The third kappa shape index (κ3) is 4.44. The van der Waals surface area contributed by atoms with Gasteiger partial charge in [0.25, 0.3) is 5.91 Å². The number of amides is 1. The molecule has 4 nitrogen and oxygen atoms in total. The van der Waals surface area contributed by atoms with Gasteiger partial charge in [-0.25, -0.2) is 0 Å². The summed E-state index contributed by atoms with van der Waals surface area (Å²) >= 11 is 0. The number of aliphatic hydroxyl groups is 1. The van der Waals surface area contributed by atoms with E-state index in [1.54, 1.807) is 31.3 Å². The number of carbonyl (C=O) groups excluding carboxylic acids is 1. The monoisotopic (exact) mass is 402 g/mol. The molecule has 3 atom stereocenters. The number of piperidine rings is 1. The summed E-state index contributed by atoms with van der Waals surface area (Å²) in [5, 5.41) is 17.1. The Labute approximate surface area is 167 Å². The van der Waals surface area contributed by atoms with Gasteiger partial charge in [-0.15, -0.1) is 6.42 Å². The van der Waals surface area contributed by atoms with Crippen LogP contribution in [0.3, 0.4) is 0 Å². The average molecular weight is 402 g/mol. The minimum atomic E-state index is -4.44. The predicted octanol–water partition coefficient (Wildman–Crippen LogP) is 3.38. The standard InChI is InChI=1S/C22H21F3N2O2/c1-3-18-12-21(29,16-8-10-17(11-9-16)22(23,24)25)13-19(27-18)14-4-6-15(7-5-14)20(28)26-2/h1,4-11,18-19,27,29H,12-13H2,2H3,(H,26,28)/t18-,19-,21?/m0/s1. The van der Waals surface area contributed by atoms with E-state index in [2.05, 4.69) is 16.6 Å². The summed E-state index contributed by atoms with van der Waals surface area (Å²) < 4.78 is 38.5. The van der Waals surface area contributed by atoms with E-state index >= 15 is 0 Å². The Morgan fingerprint density at radius 3 is 2.31 bits per heavy atom. The maximum Gasteiger partial charge on any atom is 0.416 e. The van der Waals surface area contributed by atoms with Crippen LogP contribution in [-0.4, -0.2) is 24.1 Å². The molecule has 7 heteroatoms. The quantitative estimate of drug-likeness (QED) is 0.690. The molecule has 1 heterocycles. The molecule has 1 unspecified atom stereocenters. The molecule has 3 rings (SSSR count). The van der Waals surface area contributed by atoms with Crippen molar-refractivity contribution in [2.45, 2.75) is 36.7 Å². The Morgan fingerprint density at radius 1 is 1.17 bits per heavy atom. The third-order valence-electron chi connectivity index (χ3n) is 5.24. The van der Waals surface area contributed by atoms with Gasteiger partial charge in [-0.2, -0.15) is 13.2 Å². The van der Waals surface area contributed by atoms with Gasteiger partial charge in [0.2, 0.25) is 0 Å². The molecule has 0 spiro atoms. The first-order valence-electron chi connectivity index (χ1n) is 9.10. The number of benzene rings is 2. The molecule has 2 aromatic carbocycles. The van der Waals surface area contributed by atoms with Gasteiger partial charge in [-0.3, -0.25) is 10.1 Å². The lowest BCUT2D eigenvalue weighted by Crippen LogP contribution is -2.47. The van der Waals surface area contributed by atoms with Crippen LogP contribution in [-0.2, 0) is 11.8 Å². The molecule has 1 aliphatic rings. The summed E-state index contributed by atoms with van der Waals surface area (Å²) in [4.78, 5) is 11.7. The summed E-state index contributed by atoms with van der Waals surface area (Å²) in [7, 11) is 1.54. The number of hydrogen-bond acceptors (Lipinski definition) is 3. The molecular weight excluding hydrogens is 381 g/mol. The van der Waals surface area contributed by atoms with Crippen molar-refractivity contribution in [3.05, 3.63) is 70.8 Å². The van der Waals surface area contributed by atoms with Crippen LogP contribution in [0.1, 0.15) is 45.9 Å². The summed E-state index contributed by atoms with van der Waals surface area (Å²) in [5.41, 5.74) is -0.439. The Bertz CT molecular complexity index is 917. The number of halogens is 3. The van der Waals surface area contributed by atoms with E-state index in [9.17, 15) is 23.1 Å². The topological polar surface area (TPSA) is 61.4 Å². The van der Waals surface area contributed by atoms with Crippen LogP contribution >= 0.6 is 0 Å². The average Bonchev–Trinajstić information content (AvgIpc) is 2.72. The van der Waals surface area contributed by atoms with Crippen LogP contribution in [0.2, 0.25) is 0 Å². The van der Waals surface area contributed by atoms with E-state index < -0.39 is 23.4 Å². The van der Waals surface area contributed by atoms with Gasteiger partial charge in [0.1, 0.15) is 0 Å². The lowest BCUT2D eigenvalue weighted by molar-refractivity contribution is -0.137. The summed E-state index contributed by atoms with van der Waals surface area (Å²) in [6.07, 6.45) is 1.56. The molecule has 0 aromatic heterocycles. The van der Waals surface area contributed by atoms with Crippen LogP contribution in [0.4, 0.5) is 13.2 Å². The number of alkyl halides is 3. The summed E-state index contributed by atoms with van der Waals surface area (Å²) in [5.74, 6) is 2.38. The van der Waals surface area contributed by atoms with E-state index in [0.29, 0.717) is 11.1 Å². The molecule has 1 fully saturated rings. The van der Waals surface area contributed by atoms with Crippen molar-refractivity contribution in [3.8, 4) is 12.3 Å². The zero-order valence-electron chi connectivity index (χ0n) is 15.8. The Kier molecular flexibility index (Phi) is 5.69. The van der Waals surface area contributed by atoms with Gasteiger partial charge >= 0.3 is 6.18 Å². The second-order valence-electron chi connectivity index (χ2n) is 7.15. The number of terminal acetylenes is 1. The molecule has 2 aromatic rings. The summed E-state index contributed by atoms with van der Waals surface area (Å²) in [6, 6.07) is 10.6. The Balaban J connectivity index is 1.88. The molecule has 3 N–H and O–H groups in total. The maximum absolute atomic E-state index is 12.8. The highest BCUT2D eigenvalue weighted by molar-refractivity contribution is 5.93. The third-order valence-corrected chi connectivity index (χ3v) is 5.24. The molecular formula is C22H21F3N2O2. The van der Waals surface area contributed by atoms with Gasteiger partial charge in [0, 0.05) is 25.1 Å². The first-order valence-corrected chi connectivity index (χ1v) is 9.10. The number of rotatable bonds is 3. The zero-order valence-corrected chi connectivity index (χ0v) is 15.8. The van der Waals surface area contributed by atoms with Crippen LogP contribution < -0.4 is 10.6 Å².